The van der Waals surface area contributed by atoms with Crippen molar-refractivity contribution in [3.63, 3.8) is 0 Å². The summed E-state index contributed by atoms with van der Waals surface area (Å²) < 4.78 is 31.9. The van der Waals surface area contributed by atoms with E-state index in [9.17, 15) is 13.2 Å². The second-order valence-corrected chi connectivity index (χ2v) is 10.6. The number of nitrogens with zero attached hydrogens (tertiary/aromatic N) is 5. The quantitative estimate of drug-likeness (QED) is 0.459. The van der Waals surface area contributed by atoms with Crippen molar-refractivity contribution >= 4 is 42.6 Å². The number of aryl methyl sites for hydroxylation is 1. The first-order valence-electron chi connectivity index (χ1n) is 10.4. The Morgan fingerprint density at radius 3 is 2.68 bits per heavy atom. The van der Waals surface area contributed by atoms with Crippen molar-refractivity contribution in [2.45, 2.75) is 44.2 Å². The molecule has 10 heteroatoms. The summed E-state index contributed by atoms with van der Waals surface area (Å²) in [4.78, 5) is 22.1. The molecule has 1 aliphatic rings. The van der Waals surface area contributed by atoms with E-state index in [-0.39, 0.29) is 17.0 Å². The largest absolute Gasteiger partial charge is 0.327 e. The van der Waals surface area contributed by atoms with Gasteiger partial charge in [0.25, 0.3) is 5.56 Å². The average Bonchev–Trinajstić information content (AvgIpc) is 3.40. The monoisotopic (exact) mass is 457 g/mol. The third-order valence-corrected chi connectivity index (χ3v) is 8.60. The first kappa shape index (κ1) is 20.3. The fourth-order valence-electron chi connectivity index (χ4n) is 4.19. The number of aromatic nitrogens is 4. The maximum absolute atomic E-state index is 13.1. The van der Waals surface area contributed by atoms with E-state index in [0.29, 0.717) is 41.2 Å². The fraction of sp³-hybridized carbons (Fsp3) is 0.381. The molecule has 1 saturated heterocycles. The molecule has 0 amide bonds. The summed E-state index contributed by atoms with van der Waals surface area (Å²) >= 11 is 1.38. The predicted molar refractivity (Wildman–Crippen MR) is 121 cm³/mol. The maximum atomic E-state index is 13.1. The minimum atomic E-state index is -3.53. The Morgan fingerprint density at radius 1 is 1.10 bits per heavy atom. The zero-order chi connectivity index (χ0) is 21.6. The highest BCUT2D eigenvalue weighted by Gasteiger charge is 2.26. The normalized spacial score (nSPS) is 15.8. The zero-order valence-corrected chi connectivity index (χ0v) is 18.8. The third kappa shape index (κ3) is 3.48. The highest BCUT2D eigenvalue weighted by molar-refractivity contribution is 7.89. The van der Waals surface area contributed by atoms with Gasteiger partial charge in [-0.1, -0.05) is 6.42 Å². The van der Waals surface area contributed by atoms with Gasteiger partial charge in [-0.15, -0.1) is 11.3 Å². The van der Waals surface area contributed by atoms with Gasteiger partial charge in [-0.3, -0.25) is 9.36 Å². The van der Waals surface area contributed by atoms with E-state index in [0.717, 1.165) is 24.8 Å². The van der Waals surface area contributed by atoms with Gasteiger partial charge in [0.1, 0.15) is 10.5 Å². The van der Waals surface area contributed by atoms with E-state index in [2.05, 4.69) is 4.98 Å². The van der Waals surface area contributed by atoms with E-state index in [4.69, 9.17) is 4.98 Å². The molecule has 4 aromatic rings. The Bertz CT molecular complexity index is 1430. The second-order valence-electron chi connectivity index (χ2n) is 7.70. The summed E-state index contributed by atoms with van der Waals surface area (Å²) in [6.45, 7) is 4.07. The van der Waals surface area contributed by atoms with Gasteiger partial charge < -0.3 is 4.57 Å². The number of sulfonamides is 1. The molecule has 5 rings (SSSR count). The number of piperidine rings is 1. The highest BCUT2D eigenvalue weighted by Crippen LogP contribution is 2.25. The Morgan fingerprint density at radius 2 is 1.90 bits per heavy atom. The Balaban J connectivity index is 1.55. The molecule has 8 nitrogen and oxygen atoms in total. The molecule has 0 radical (unpaired) electrons. The molecule has 1 aliphatic heterocycles. The Labute approximate surface area is 183 Å². The van der Waals surface area contributed by atoms with Gasteiger partial charge in [-0.25, -0.2) is 18.4 Å². The maximum Gasteiger partial charge on any atom is 0.271 e. The van der Waals surface area contributed by atoms with Crippen LogP contribution in [-0.2, 0) is 23.1 Å². The highest BCUT2D eigenvalue weighted by atomic mass is 32.2. The van der Waals surface area contributed by atoms with Crippen LogP contribution in [0.1, 0.15) is 32.0 Å². The molecule has 3 aromatic heterocycles. The molecular formula is C21H23N5O3S2. The summed E-state index contributed by atoms with van der Waals surface area (Å²) in [5, 5.41) is 1.86. The van der Waals surface area contributed by atoms with Crippen molar-refractivity contribution in [1.29, 1.82) is 0 Å². The van der Waals surface area contributed by atoms with Crippen molar-refractivity contribution in [2.75, 3.05) is 13.1 Å². The molecular weight excluding hydrogens is 434 g/mol. The molecule has 0 saturated carbocycles. The van der Waals surface area contributed by atoms with E-state index in [1.165, 1.54) is 11.3 Å². The smallest absolute Gasteiger partial charge is 0.271 e. The Hall–Kier alpha value is -2.56. The van der Waals surface area contributed by atoms with Crippen molar-refractivity contribution in [1.82, 2.24) is 23.4 Å². The molecule has 4 heterocycles. The summed E-state index contributed by atoms with van der Waals surface area (Å²) in [7, 11) is -3.53. The van der Waals surface area contributed by atoms with Gasteiger partial charge in [0.15, 0.2) is 0 Å². The van der Waals surface area contributed by atoms with Crippen LogP contribution in [0.3, 0.4) is 0 Å². The predicted octanol–water partition coefficient (Wildman–Crippen LogP) is 3.05. The minimum absolute atomic E-state index is 0.0944. The Kier molecular flexibility index (Phi) is 5.15. The first-order chi connectivity index (χ1) is 15.0. The lowest BCUT2D eigenvalue weighted by Crippen LogP contribution is -2.35. The second kappa shape index (κ2) is 7.85. The van der Waals surface area contributed by atoms with Crippen LogP contribution >= 0.6 is 11.3 Å². The van der Waals surface area contributed by atoms with Crippen LogP contribution < -0.4 is 5.56 Å². The van der Waals surface area contributed by atoms with Crippen LogP contribution in [0.2, 0.25) is 0 Å². The van der Waals surface area contributed by atoms with Gasteiger partial charge in [0, 0.05) is 19.6 Å². The van der Waals surface area contributed by atoms with E-state index in [1.807, 2.05) is 29.0 Å². The molecule has 0 spiro atoms. The summed E-state index contributed by atoms with van der Waals surface area (Å²) in [6.07, 6.45) is 4.41. The van der Waals surface area contributed by atoms with Crippen molar-refractivity contribution in [3.05, 3.63) is 52.2 Å². The molecule has 1 fully saturated rings. The molecule has 0 N–H and O–H groups in total. The molecule has 162 valence electrons. The zero-order valence-electron chi connectivity index (χ0n) is 17.2. The summed E-state index contributed by atoms with van der Waals surface area (Å²) in [6, 6.07) is 6.96. The minimum Gasteiger partial charge on any atom is -0.327 e. The van der Waals surface area contributed by atoms with Gasteiger partial charge in [0.05, 0.1) is 34.3 Å². The van der Waals surface area contributed by atoms with Crippen LogP contribution in [0, 0.1) is 0 Å². The summed E-state index contributed by atoms with van der Waals surface area (Å²) in [5.41, 5.74) is 2.08. The third-order valence-electron chi connectivity index (χ3n) is 5.82. The average molecular weight is 458 g/mol. The van der Waals surface area contributed by atoms with E-state index in [1.54, 1.807) is 27.3 Å². The SMILES string of the molecule is CCn1c(Cn2cnc3ccsc3c2=O)nc2cc(S(=O)(=O)N3CCCCC3)ccc21. The lowest BCUT2D eigenvalue weighted by Gasteiger charge is -2.25. The lowest BCUT2D eigenvalue weighted by atomic mass is 10.2. The van der Waals surface area contributed by atoms with Crippen molar-refractivity contribution < 1.29 is 8.42 Å². The van der Waals surface area contributed by atoms with Gasteiger partial charge in [0.2, 0.25) is 10.0 Å². The number of imidazole rings is 1. The molecule has 0 aliphatic carbocycles. The standard InChI is InChI=1S/C21H23N5O3S2/c1-2-26-18-7-6-15(31(28,29)25-9-4-3-5-10-25)12-17(18)23-19(26)13-24-14-22-16-8-11-30-20(16)21(24)27/h6-8,11-12,14H,2-5,9-10,13H2,1H3. The fourth-order valence-corrected chi connectivity index (χ4v) is 6.52. The molecule has 0 bridgehead atoms. The van der Waals surface area contributed by atoms with Gasteiger partial charge in [-0.2, -0.15) is 4.31 Å². The number of thiophene rings is 1. The van der Waals surface area contributed by atoms with Crippen LogP contribution in [0.4, 0.5) is 0 Å². The number of rotatable bonds is 5. The van der Waals surface area contributed by atoms with Crippen LogP contribution in [0.25, 0.3) is 21.3 Å². The first-order valence-corrected chi connectivity index (χ1v) is 12.7. The summed E-state index contributed by atoms with van der Waals surface area (Å²) in [5.74, 6) is 0.699. The van der Waals surface area contributed by atoms with Gasteiger partial charge in [-0.05, 0) is 49.4 Å². The number of fused-ring (bicyclic) bond motifs is 2. The van der Waals surface area contributed by atoms with E-state index >= 15 is 0 Å². The van der Waals surface area contributed by atoms with Crippen molar-refractivity contribution in [3.8, 4) is 0 Å². The molecule has 0 unspecified atom stereocenters. The molecule has 0 atom stereocenters. The number of benzene rings is 1. The van der Waals surface area contributed by atoms with E-state index < -0.39 is 10.0 Å². The van der Waals surface area contributed by atoms with Crippen LogP contribution in [0.15, 0.2) is 45.7 Å². The van der Waals surface area contributed by atoms with Crippen LogP contribution in [0.5, 0.6) is 0 Å². The number of hydrogen-bond donors (Lipinski definition) is 0. The topological polar surface area (TPSA) is 90.1 Å². The van der Waals surface area contributed by atoms with Crippen LogP contribution in [-0.4, -0.2) is 44.9 Å². The molecule has 31 heavy (non-hydrogen) atoms. The lowest BCUT2D eigenvalue weighted by molar-refractivity contribution is 0.346. The molecule has 1 aromatic carbocycles. The van der Waals surface area contributed by atoms with Gasteiger partial charge >= 0.3 is 0 Å². The van der Waals surface area contributed by atoms with Crippen molar-refractivity contribution in [2.24, 2.45) is 0 Å². The number of hydrogen-bond acceptors (Lipinski definition) is 6.